The molecule has 0 bridgehead atoms. The Morgan fingerprint density at radius 2 is 1.96 bits per heavy atom. The second-order valence-electron chi connectivity index (χ2n) is 6.48. The van der Waals surface area contributed by atoms with Crippen molar-refractivity contribution in [1.82, 2.24) is 14.9 Å². The van der Waals surface area contributed by atoms with E-state index in [0.29, 0.717) is 11.3 Å². The van der Waals surface area contributed by atoms with Crippen molar-refractivity contribution in [3.05, 3.63) is 69.8 Å². The van der Waals surface area contributed by atoms with Crippen molar-refractivity contribution in [2.24, 2.45) is 0 Å². The zero-order valence-corrected chi connectivity index (χ0v) is 15.3. The highest BCUT2D eigenvalue weighted by Gasteiger charge is 2.16. The van der Waals surface area contributed by atoms with Crippen LogP contribution in [0.5, 0.6) is 0 Å². The molecule has 0 aliphatic carbocycles. The normalized spacial score (nSPS) is 10.8. The van der Waals surface area contributed by atoms with Crippen LogP contribution in [0.25, 0.3) is 10.9 Å². The summed E-state index contributed by atoms with van der Waals surface area (Å²) in [6.07, 6.45) is 3.15. The van der Waals surface area contributed by atoms with E-state index in [-0.39, 0.29) is 25.3 Å². The van der Waals surface area contributed by atoms with E-state index in [1.165, 1.54) is 4.90 Å². The van der Waals surface area contributed by atoms with Gasteiger partial charge in [-0.25, -0.2) is 4.79 Å². The number of carbonyl (C=O) groups excluding carboxylic acids is 1. The number of nitrogens with one attached hydrogen (secondary N) is 2. The standard InChI is InChI=1S/C20H22N4O3/c1-13-9-14(2)18-15(10-13)11-16(19(26)23-18)12-24(7-8-25)20(27)22-17-3-5-21-6-4-17/h3-6,9-11,25H,7-8,12H2,1-2H3,(H,23,26)(H,21,22,27). The lowest BCUT2D eigenvalue weighted by Gasteiger charge is -2.22. The number of aliphatic hydroxyl groups excluding tert-OH is 1. The van der Waals surface area contributed by atoms with Gasteiger partial charge in [0.1, 0.15) is 0 Å². The Morgan fingerprint density at radius 1 is 1.22 bits per heavy atom. The van der Waals surface area contributed by atoms with Gasteiger partial charge in [-0.3, -0.25) is 9.78 Å². The van der Waals surface area contributed by atoms with Crippen LogP contribution in [0.2, 0.25) is 0 Å². The predicted octanol–water partition coefficient (Wildman–Crippen LogP) is 2.57. The largest absolute Gasteiger partial charge is 0.395 e. The maximum absolute atomic E-state index is 12.6. The molecule has 7 nitrogen and oxygen atoms in total. The van der Waals surface area contributed by atoms with Crippen LogP contribution in [0.15, 0.2) is 47.5 Å². The van der Waals surface area contributed by atoms with Gasteiger partial charge < -0.3 is 20.3 Å². The molecule has 0 atom stereocenters. The molecular formula is C20H22N4O3. The summed E-state index contributed by atoms with van der Waals surface area (Å²) < 4.78 is 0. The van der Waals surface area contributed by atoms with Crippen LogP contribution in [0.1, 0.15) is 16.7 Å². The Hall–Kier alpha value is -3.19. The van der Waals surface area contributed by atoms with Crippen molar-refractivity contribution in [1.29, 1.82) is 0 Å². The van der Waals surface area contributed by atoms with Crippen LogP contribution in [0, 0.1) is 13.8 Å². The van der Waals surface area contributed by atoms with Crippen LogP contribution in [0.3, 0.4) is 0 Å². The van der Waals surface area contributed by atoms with Gasteiger partial charge in [0.2, 0.25) is 0 Å². The Bertz CT molecular complexity index is 1010. The zero-order valence-electron chi connectivity index (χ0n) is 15.3. The summed E-state index contributed by atoms with van der Waals surface area (Å²) in [4.78, 5) is 33.3. The van der Waals surface area contributed by atoms with E-state index in [0.717, 1.165) is 22.0 Å². The highest BCUT2D eigenvalue weighted by molar-refractivity contribution is 5.89. The molecule has 0 radical (unpaired) electrons. The summed E-state index contributed by atoms with van der Waals surface area (Å²) in [5.74, 6) is 0. The number of aliphatic hydroxyl groups is 1. The van der Waals surface area contributed by atoms with E-state index >= 15 is 0 Å². The van der Waals surface area contributed by atoms with Crippen LogP contribution >= 0.6 is 0 Å². The molecule has 0 fully saturated rings. The number of hydrogen-bond donors (Lipinski definition) is 3. The highest BCUT2D eigenvalue weighted by atomic mass is 16.3. The van der Waals surface area contributed by atoms with E-state index in [1.54, 1.807) is 30.6 Å². The first-order chi connectivity index (χ1) is 13.0. The van der Waals surface area contributed by atoms with Crippen LogP contribution in [-0.2, 0) is 6.54 Å². The van der Waals surface area contributed by atoms with E-state index in [9.17, 15) is 14.7 Å². The zero-order chi connectivity index (χ0) is 19.4. The molecule has 2 heterocycles. The van der Waals surface area contributed by atoms with Crippen LogP contribution in [-0.4, -0.2) is 39.2 Å². The molecule has 2 amide bonds. The minimum atomic E-state index is -0.393. The molecular weight excluding hydrogens is 344 g/mol. The second-order valence-corrected chi connectivity index (χ2v) is 6.48. The van der Waals surface area contributed by atoms with Gasteiger partial charge in [-0.2, -0.15) is 0 Å². The van der Waals surface area contributed by atoms with Crippen molar-refractivity contribution >= 4 is 22.6 Å². The maximum atomic E-state index is 12.6. The molecule has 27 heavy (non-hydrogen) atoms. The fourth-order valence-electron chi connectivity index (χ4n) is 3.07. The summed E-state index contributed by atoms with van der Waals surface area (Å²) >= 11 is 0. The molecule has 0 aliphatic heterocycles. The number of rotatable bonds is 5. The van der Waals surface area contributed by atoms with Gasteiger partial charge in [0.05, 0.1) is 18.7 Å². The molecule has 0 aliphatic rings. The maximum Gasteiger partial charge on any atom is 0.322 e. The van der Waals surface area contributed by atoms with Crippen molar-refractivity contribution < 1.29 is 9.90 Å². The quantitative estimate of drug-likeness (QED) is 0.646. The third-order valence-electron chi connectivity index (χ3n) is 4.32. The molecule has 2 aromatic heterocycles. The van der Waals surface area contributed by atoms with Crippen LogP contribution in [0.4, 0.5) is 10.5 Å². The number of aromatic amines is 1. The van der Waals surface area contributed by atoms with E-state index in [1.807, 2.05) is 26.0 Å². The first-order valence-electron chi connectivity index (χ1n) is 8.68. The SMILES string of the molecule is Cc1cc(C)c2[nH]c(=O)c(CN(CCO)C(=O)Nc3ccncc3)cc2c1. The van der Waals surface area contributed by atoms with Gasteiger partial charge in [-0.05, 0) is 49.1 Å². The minimum absolute atomic E-state index is 0.0930. The van der Waals surface area contributed by atoms with Gasteiger partial charge in [-0.1, -0.05) is 11.6 Å². The number of carbonyl (C=O) groups is 1. The predicted molar refractivity (Wildman–Crippen MR) is 105 cm³/mol. The molecule has 0 saturated carbocycles. The van der Waals surface area contributed by atoms with Gasteiger partial charge in [0, 0.05) is 30.2 Å². The first-order valence-corrected chi connectivity index (χ1v) is 8.68. The van der Waals surface area contributed by atoms with Crippen molar-refractivity contribution in [3.63, 3.8) is 0 Å². The molecule has 0 spiro atoms. The van der Waals surface area contributed by atoms with Crippen molar-refractivity contribution in [3.8, 4) is 0 Å². The molecule has 0 saturated heterocycles. The number of amides is 2. The first kappa shape index (κ1) is 18.6. The average molecular weight is 366 g/mol. The number of H-pyrrole nitrogens is 1. The summed E-state index contributed by atoms with van der Waals surface area (Å²) in [5.41, 5.74) is 3.71. The molecule has 3 rings (SSSR count). The average Bonchev–Trinajstić information content (AvgIpc) is 2.63. The molecule has 0 unspecified atom stereocenters. The third kappa shape index (κ3) is 4.32. The molecule has 140 valence electrons. The highest BCUT2D eigenvalue weighted by Crippen LogP contribution is 2.18. The molecule has 1 aromatic carbocycles. The summed E-state index contributed by atoms with van der Waals surface area (Å²) in [7, 11) is 0. The number of aromatic nitrogens is 2. The number of urea groups is 1. The summed E-state index contributed by atoms with van der Waals surface area (Å²) in [6.45, 7) is 3.95. The second kappa shape index (κ2) is 8.01. The van der Waals surface area contributed by atoms with Gasteiger partial charge in [0.25, 0.3) is 5.56 Å². The lowest BCUT2D eigenvalue weighted by atomic mass is 10.1. The lowest BCUT2D eigenvalue weighted by Crippen LogP contribution is -2.38. The monoisotopic (exact) mass is 366 g/mol. The van der Waals surface area contributed by atoms with Gasteiger partial charge >= 0.3 is 6.03 Å². The van der Waals surface area contributed by atoms with Gasteiger partial charge in [-0.15, -0.1) is 0 Å². The van der Waals surface area contributed by atoms with Gasteiger partial charge in [0.15, 0.2) is 0 Å². The van der Waals surface area contributed by atoms with E-state index in [4.69, 9.17) is 0 Å². The van der Waals surface area contributed by atoms with E-state index < -0.39 is 6.03 Å². The number of pyridine rings is 2. The van der Waals surface area contributed by atoms with E-state index in [2.05, 4.69) is 15.3 Å². The minimum Gasteiger partial charge on any atom is -0.395 e. The molecule has 7 heteroatoms. The fraction of sp³-hybridized carbons (Fsp3) is 0.250. The number of aryl methyl sites for hydroxylation is 2. The topological polar surface area (TPSA) is 98.3 Å². The smallest absolute Gasteiger partial charge is 0.322 e. The summed E-state index contributed by atoms with van der Waals surface area (Å²) in [5, 5.41) is 13.0. The number of benzene rings is 1. The van der Waals surface area contributed by atoms with Crippen molar-refractivity contribution in [2.45, 2.75) is 20.4 Å². The summed E-state index contributed by atoms with van der Waals surface area (Å²) in [6, 6.07) is 8.76. The van der Waals surface area contributed by atoms with Crippen LogP contribution < -0.4 is 10.9 Å². The number of hydrogen-bond acceptors (Lipinski definition) is 4. The number of fused-ring (bicyclic) bond motifs is 1. The Kier molecular flexibility index (Phi) is 5.52. The number of nitrogens with zero attached hydrogens (tertiary/aromatic N) is 2. The molecule has 3 aromatic rings. The lowest BCUT2D eigenvalue weighted by molar-refractivity contribution is 0.185. The third-order valence-corrected chi connectivity index (χ3v) is 4.32. The Morgan fingerprint density at radius 3 is 2.67 bits per heavy atom. The number of anilines is 1. The Balaban J connectivity index is 1.88. The fourth-order valence-corrected chi connectivity index (χ4v) is 3.07. The molecule has 3 N–H and O–H groups in total. The Labute approximate surface area is 156 Å². The van der Waals surface area contributed by atoms with Crippen molar-refractivity contribution in [2.75, 3.05) is 18.5 Å².